The SMILES string of the molecule is Nc1cccc(CS(=O)(=O)N2CCCCCC2CO)c1. The Hall–Kier alpha value is -1.11. The molecule has 2 rings (SSSR count). The van der Waals surface area contributed by atoms with Crippen molar-refractivity contribution in [2.75, 3.05) is 18.9 Å². The number of anilines is 1. The fraction of sp³-hybridized carbons (Fsp3) is 0.571. The standard InChI is InChI=1S/C14H22N2O3S/c15-13-6-4-5-12(9-13)11-20(18,19)16-8-3-1-2-7-14(16)10-17/h4-6,9,14,17H,1-3,7-8,10-11,15H2. The third-order valence-corrected chi connectivity index (χ3v) is 5.58. The monoisotopic (exact) mass is 298 g/mol. The van der Waals surface area contributed by atoms with Crippen LogP contribution in [0, 0.1) is 0 Å². The quantitative estimate of drug-likeness (QED) is 0.822. The second-order valence-electron chi connectivity index (χ2n) is 5.30. The summed E-state index contributed by atoms with van der Waals surface area (Å²) in [4.78, 5) is 0. The highest BCUT2D eigenvalue weighted by molar-refractivity contribution is 7.88. The Morgan fingerprint density at radius 1 is 1.30 bits per heavy atom. The largest absolute Gasteiger partial charge is 0.399 e. The van der Waals surface area contributed by atoms with Crippen LogP contribution < -0.4 is 5.73 Å². The molecule has 112 valence electrons. The molecule has 0 saturated carbocycles. The van der Waals surface area contributed by atoms with Gasteiger partial charge in [0.2, 0.25) is 10.0 Å². The summed E-state index contributed by atoms with van der Waals surface area (Å²) in [5.41, 5.74) is 6.93. The van der Waals surface area contributed by atoms with E-state index in [9.17, 15) is 13.5 Å². The van der Waals surface area contributed by atoms with E-state index in [0.717, 1.165) is 25.7 Å². The summed E-state index contributed by atoms with van der Waals surface area (Å²) in [6, 6.07) is 6.65. The highest BCUT2D eigenvalue weighted by atomic mass is 32.2. The number of aliphatic hydroxyl groups is 1. The van der Waals surface area contributed by atoms with Gasteiger partial charge in [0.05, 0.1) is 12.4 Å². The molecule has 0 aromatic heterocycles. The molecule has 6 heteroatoms. The highest BCUT2D eigenvalue weighted by Gasteiger charge is 2.30. The number of benzene rings is 1. The van der Waals surface area contributed by atoms with Gasteiger partial charge in [-0.3, -0.25) is 0 Å². The van der Waals surface area contributed by atoms with Gasteiger partial charge in [0, 0.05) is 18.3 Å². The molecule has 1 aromatic rings. The molecule has 1 atom stereocenters. The number of nitrogen functional groups attached to an aromatic ring is 1. The third-order valence-electron chi connectivity index (χ3n) is 3.69. The zero-order valence-corrected chi connectivity index (χ0v) is 12.3. The fourth-order valence-corrected chi connectivity index (χ4v) is 4.48. The van der Waals surface area contributed by atoms with Crippen LogP contribution in [-0.4, -0.2) is 37.0 Å². The predicted molar refractivity (Wildman–Crippen MR) is 79.5 cm³/mol. The fourth-order valence-electron chi connectivity index (χ4n) is 2.68. The van der Waals surface area contributed by atoms with Crippen molar-refractivity contribution in [3.05, 3.63) is 29.8 Å². The molecule has 0 bridgehead atoms. The van der Waals surface area contributed by atoms with Gasteiger partial charge in [-0.25, -0.2) is 8.42 Å². The molecule has 20 heavy (non-hydrogen) atoms. The van der Waals surface area contributed by atoms with Gasteiger partial charge in [0.25, 0.3) is 0 Å². The van der Waals surface area contributed by atoms with Crippen LogP contribution in [0.4, 0.5) is 5.69 Å². The van der Waals surface area contributed by atoms with Gasteiger partial charge in [-0.1, -0.05) is 25.0 Å². The molecule has 1 aliphatic rings. The van der Waals surface area contributed by atoms with Crippen molar-refractivity contribution in [3.63, 3.8) is 0 Å². The first kappa shape index (κ1) is 15.3. The van der Waals surface area contributed by atoms with E-state index >= 15 is 0 Å². The number of aliphatic hydroxyl groups excluding tert-OH is 1. The predicted octanol–water partition coefficient (Wildman–Crippen LogP) is 1.34. The van der Waals surface area contributed by atoms with E-state index in [2.05, 4.69) is 0 Å². The zero-order chi connectivity index (χ0) is 14.6. The van der Waals surface area contributed by atoms with Gasteiger partial charge in [-0.15, -0.1) is 0 Å². The maximum absolute atomic E-state index is 12.6. The van der Waals surface area contributed by atoms with E-state index in [1.165, 1.54) is 4.31 Å². The lowest BCUT2D eigenvalue weighted by atomic mass is 10.1. The summed E-state index contributed by atoms with van der Waals surface area (Å²) >= 11 is 0. The van der Waals surface area contributed by atoms with Crippen LogP contribution in [0.5, 0.6) is 0 Å². The number of nitrogens with two attached hydrogens (primary N) is 1. The first-order chi connectivity index (χ1) is 9.53. The van der Waals surface area contributed by atoms with Crippen molar-refractivity contribution in [2.45, 2.75) is 37.5 Å². The molecular weight excluding hydrogens is 276 g/mol. The lowest BCUT2D eigenvalue weighted by Gasteiger charge is -2.27. The molecule has 0 radical (unpaired) electrons. The molecular formula is C14H22N2O3S. The molecule has 1 unspecified atom stereocenters. The Bertz CT molecular complexity index is 545. The Morgan fingerprint density at radius 2 is 2.10 bits per heavy atom. The molecule has 0 aliphatic carbocycles. The molecule has 1 aromatic carbocycles. The van der Waals surface area contributed by atoms with Gasteiger partial charge >= 0.3 is 0 Å². The number of rotatable bonds is 4. The summed E-state index contributed by atoms with van der Waals surface area (Å²) < 4.78 is 26.6. The summed E-state index contributed by atoms with van der Waals surface area (Å²) in [5, 5.41) is 9.43. The lowest BCUT2D eigenvalue weighted by molar-refractivity contribution is 0.186. The Balaban J connectivity index is 2.19. The number of hydrogen-bond donors (Lipinski definition) is 2. The van der Waals surface area contributed by atoms with Gasteiger partial charge in [-0.05, 0) is 30.5 Å². The van der Waals surface area contributed by atoms with Gasteiger partial charge in [0.15, 0.2) is 0 Å². The molecule has 0 amide bonds. The number of hydrogen-bond acceptors (Lipinski definition) is 4. The van der Waals surface area contributed by atoms with Crippen molar-refractivity contribution >= 4 is 15.7 Å². The minimum absolute atomic E-state index is 0.0610. The van der Waals surface area contributed by atoms with E-state index in [4.69, 9.17) is 5.73 Å². The Kier molecular flexibility index (Phi) is 5.01. The van der Waals surface area contributed by atoms with Gasteiger partial charge < -0.3 is 10.8 Å². The average Bonchev–Trinajstić information content (AvgIpc) is 2.63. The third kappa shape index (κ3) is 3.71. The summed E-state index contributed by atoms with van der Waals surface area (Å²) in [7, 11) is -3.42. The van der Waals surface area contributed by atoms with Crippen molar-refractivity contribution in [2.24, 2.45) is 0 Å². The molecule has 0 spiro atoms. The minimum atomic E-state index is -3.42. The summed E-state index contributed by atoms with van der Waals surface area (Å²) in [6.07, 6.45) is 3.57. The first-order valence-corrected chi connectivity index (χ1v) is 8.58. The van der Waals surface area contributed by atoms with Crippen LogP contribution in [0.25, 0.3) is 0 Å². The first-order valence-electron chi connectivity index (χ1n) is 6.98. The van der Waals surface area contributed by atoms with E-state index in [-0.39, 0.29) is 18.4 Å². The molecule has 1 fully saturated rings. The highest BCUT2D eigenvalue weighted by Crippen LogP contribution is 2.22. The summed E-state index contributed by atoms with van der Waals surface area (Å²) in [6.45, 7) is 0.381. The molecule has 1 heterocycles. The second kappa shape index (κ2) is 6.56. The van der Waals surface area contributed by atoms with Crippen LogP contribution in [0.2, 0.25) is 0 Å². The van der Waals surface area contributed by atoms with Crippen molar-refractivity contribution in [1.82, 2.24) is 4.31 Å². The van der Waals surface area contributed by atoms with E-state index < -0.39 is 10.0 Å². The molecule has 5 nitrogen and oxygen atoms in total. The van der Waals surface area contributed by atoms with E-state index in [0.29, 0.717) is 17.8 Å². The summed E-state index contributed by atoms with van der Waals surface area (Å²) in [5.74, 6) is -0.0610. The number of nitrogens with zero attached hydrogens (tertiary/aromatic N) is 1. The minimum Gasteiger partial charge on any atom is -0.399 e. The van der Waals surface area contributed by atoms with Gasteiger partial charge in [0.1, 0.15) is 0 Å². The average molecular weight is 298 g/mol. The van der Waals surface area contributed by atoms with Crippen LogP contribution in [0.1, 0.15) is 31.2 Å². The van der Waals surface area contributed by atoms with Crippen LogP contribution in [0.3, 0.4) is 0 Å². The van der Waals surface area contributed by atoms with Crippen LogP contribution in [-0.2, 0) is 15.8 Å². The van der Waals surface area contributed by atoms with Crippen molar-refractivity contribution in [3.8, 4) is 0 Å². The molecule has 3 N–H and O–H groups in total. The number of sulfonamides is 1. The maximum atomic E-state index is 12.6. The lowest BCUT2D eigenvalue weighted by Crippen LogP contribution is -2.42. The Labute approximate surface area is 120 Å². The molecule has 1 aliphatic heterocycles. The maximum Gasteiger partial charge on any atom is 0.218 e. The smallest absolute Gasteiger partial charge is 0.218 e. The Morgan fingerprint density at radius 3 is 2.80 bits per heavy atom. The topological polar surface area (TPSA) is 83.6 Å². The zero-order valence-electron chi connectivity index (χ0n) is 11.5. The van der Waals surface area contributed by atoms with Crippen molar-refractivity contribution < 1.29 is 13.5 Å². The van der Waals surface area contributed by atoms with E-state index in [1.807, 2.05) is 0 Å². The van der Waals surface area contributed by atoms with E-state index in [1.54, 1.807) is 24.3 Å². The second-order valence-corrected chi connectivity index (χ2v) is 7.22. The van der Waals surface area contributed by atoms with Gasteiger partial charge in [-0.2, -0.15) is 4.31 Å². The van der Waals surface area contributed by atoms with Crippen LogP contribution >= 0.6 is 0 Å². The van der Waals surface area contributed by atoms with Crippen LogP contribution in [0.15, 0.2) is 24.3 Å². The normalized spacial score (nSPS) is 21.6. The molecule has 1 saturated heterocycles. The van der Waals surface area contributed by atoms with Crippen molar-refractivity contribution in [1.29, 1.82) is 0 Å².